The number of carbonyl (C=O) groups is 1. The second-order valence-electron chi connectivity index (χ2n) is 6.80. The lowest BCUT2D eigenvalue weighted by Crippen LogP contribution is -2.14. The van der Waals surface area contributed by atoms with Crippen molar-refractivity contribution >= 4 is 22.9 Å². The second kappa shape index (κ2) is 7.92. The van der Waals surface area contributed by atoms with Crippen molar-refractivity contribution < 1.29 is 4.79 Å². The third-order valence-electron chi connectivity index (χ3n) is 4.48. The quantitative estimate of drug-likeness (QED) is 0.547. The van der Waals surface area contributed by atoms with Crippen LogP contribution < -0.4 is 5.32 Å². The van der Waals surface area contributed by atoms with Gasteiger partial charge < -0.3 is 5.32 Å². The molecule has 29 heavy (non-hydrogen) atoms. The number of benzene rings is 2. The average molecular weight is 404 g/mol. The number of carbonyl (C=O) groups excluding carboxylic acids is 1. The molecule has 0 aliphatic heterocycles. The number of aromatic nitrogens is 5. The molecule has 1 N–H and O–H groups in total. The second-order valence-corrected chi connectivity index (χ2v) is 8.09. The first-order chi connectivity index (χ1) is 14.0. The van der Waals surface area contributed by atoms with Gasteiger partial charge in [-0.2, -0.15) is 0 Å². The van der Waals surface area contributed by atoms with Crippen molar-refractivity contribution in [3.8, 4) is 22.6 Å². The largest absolute Gasteiger partial charge is 0.326 e. The molecular weight excluding hydrogens is 384 g/mol. The number of amides is 1. The van der Waals surface area contributed by atoms with Crippen LogP contribution in [-0.4, -0.2) is 31.1 Å². The van der Waals surface area contributed by atoms with Crippen molar-refractivity contribution in [3.05, 3.63) is 64.0 Å². The smallest absolute Gasteiger partial charge is 0.229 e. The van der Waals surface area contributed by atoms with Gasteiger partial charge in [-0.15, -0.1) is 16.4 Å². The number of anilines is 1. The van der Waals surface area contributed by atoms with E-state index in [9.17, 15) is 4.79 Å². The van der Waals surface area contributed by atoms with Gasteiger partial charge >= 0.3 is 0 Å². The summed E-state index contributed by atoms with van der Waals surface area (Å²) in [6.45, 7) is 4.01. The first-order valence-electron chi connectivity index (χ1n) is 9.15. The van der Waals surface area contributed by atoms with Gasteiger partial charge in [0.2, 0.25) is 5.91 Å². The highest BCUT2D eigenvalue weighted by Crippen LogP contribution is 2.29. The van der Waals surface area contributed by atoms with Crippen molar-refractivity contribution in [2.75, 3.05) is 5.32 Å². The SMILES string of the molecule is Cc1ccc(-c2nc(C)sc2CC(=O)Nc2cccc(-c3nnnn3C)c2)cc1. The van der Waals surface area contributed by atoms with Gasteiger partial charge in [-0.05, 0) is 36.4 Å². The summed E-state index contributed by atoms with van der Waals surface area (Å²) in [7, 11) is 1.78. The number of tetrazole rings is 1. The van der Waals surface area contributed by atoms with E-state index in [1.54, 1.807) is 23.1 Å². The lowest BCUT2D eigenvalue weighted by atomic mass is 10.1. The first-order valence-corrected chi connectivity index (χ1v) is 9.97. The van der Waals surface area contributed by atoms with Gasteiger partial charge in [0.15, 0.2) is 5.82 Å². The number of nitrogens with one attached hydrogen (secondary N) is 1. The summed E-state index contributed by atoms with van der Waals surface area (Å²) >= 11 is 1.55. The van der Waals surface area contributed by atoms with E-state index < -0.39 is 0 Å². The molecule has 0 fully saturated rings. The molecule has 0 spiro atoms. The summed E-state index contributed by atoms with van der Waals surface area (Å²) in [5.41, 5.74) is 4.64. The molecule has 0 saturated heterocycles. The Kier molecular flexibility index (Phi) is 5.18. The van der Waals surface area contributed by atoms with Crippen LogP contribution in [0.1, 0.15) is 15.4 Å². The normalized spacial score (nSPS) is 10.9. The zero-order chi connectivity index (χ0) is 20.4. The lowest BCUT2D eigenvalue weighted by molar-refractivity contribution is -0.115. The molecular formula is C21H20N6OS. The Bertz CT molecular complexity index is 1160. The molecule has 2 heterocycles. The molecule has 0 aliphatic rings. The Balaban J connectivity index is 1.53. The number of thiazole rings is 1. The minimum absolute atomic E-state index is 0.0877. The van der Waals surface area contributed by atoms with Crippen LogP contribution in [0.25, 0.3) is 22.6 Å². The predicted molar refractivity (Wildman–Crippen MR) is 114 cm³/mol. The third-order valence-corrected chi connectivity index (χ3v) is 5.45. The van der Waals surface area contributed by atoms with E-state index in [2.05, 4.69) is 44.9 Å². The van der Waals surface area contributed by atoms with E-state index >= 15 is 0 Å². The molecule has 0 bridgehead atoms. The summed E-state index contributed by atoms with van der Waals surface area (Å²) in [6, 6.07) is 15.7. The molecule has 1 amide bonds. The Morgan fingerprint density at radius 2 is 1.90 bits per heavy atom. The molecule has 0 unspecified atom stereocenters. The molecule has 7 nitrogen and oxygen atoms in total. The van der Waals surface area contributed by atoms with Crippen LogP contribution >= 0.6 is 11.3 Å². The van der Waals surface area contributed by atoms with Crippen molar-refractivity contribution in [3.63, 3.8) is 0 Å². The number of hydrogen-bond donors (Lipinski definition) is 1. The van der Waals surface area contributed by atoms with Crippen molar-refractivity contribution in [2.24, 2.45) is 7.05 Å². The Morgan fingerprint density at radius 3 is 2.62 bits per heavy atom. The fourth-order valence-electron chi connectivity index (χ4n) is 3.09. The van der Waals surface area contributed by atoms with Crippen molar-refractivity contribution in [1.82, 2.24) is 25.2 Å². The van der Waals surface area contributed by atoms with Gasteiger partial charge in [0.05, 0.1) is 17.1 Å². The molecule has 4 aromatic rings. The minimum atomic E-state index is -0.0877. The van der Waals surface area contributed by atoms with Crippen LogP contribution in [0.3, 0.4) is 0 Å². The van der Waals surface area contributed by atoms with E-state index in [1.807, 2.05) is 43.3 Å². The summed E-state index contributed by atoms with van der Waals surface area (Å²) in [5.74, 6) is 0.552. The fraction of sp³-hybridized carbons (Fsp3) is 0.190. The fourth-order valence-corrected chi connectivity index (χ4v) is 4.04. The molecule has 146 valence electrons. The van der Waals surface area contributed by atoms with E-state index in [1.165, 1.54) is 5.56 Å². The first kappa shape index (κ1) is 18.9. The van der Waals surface area contributed by atoms with E-state index in [0.29, 0.717) is 11.5 Å². The maximum absolute atomic E-state index is 12.7. The zero-order valence-electron chi connectivity index (χ0n) is 16.4. The Hall–Kier alpha value is -3.39. The van der Waals surface area contributed by atoms with E-state index in [0.717, 1.165) is 26.7 Å². The van der Waals surface area contributed by atoms with Crippen molar-refractivity contribution in [1.29, 1.82) is 0 Å². The van der Waals surface area contributed by atoms with Crippen LogP contribution in [0, 0.1) is 13.8 Å². The summed E-state index contributed by atoms with van der Waals surface area (Å²) < 4.78 is 1.59. The van der Waals surface area contributed by atoms with E-state index in [4.69, 9.17) is 0 Å². The highest BCUT2D eigenvalue weighted by atomic mass is 32.1. The van der Waals surface area contributed by atoms with Gasteiger partial charge in [0, 0.05) is 28.7 Å². The zero-order valence-corrected chi connectivity index (χ0v) is 17.2. The minimum Gasteiger partial charge on any atom is -0.326 e. The van der Waals surface area contributed by atoms with Gasteiger partial charge in [-0.3, -0.25) is 4.79 Å². The highest BCUT2D eigenvalue weighted by molar-refractivity contribution is 7.12. The third kappa shape index (κ3) is 4.22. The molecule has 4 rings (SSSR count). The molecule has 0 radical (unpaired) electrons. The highest BCUT2D eigenvalue weighted by Gasteiger charge is 2.15. The van der Waals surface area contributed by atoms with Crippen LogP contribution in [0.5, 0.6) is 0 Å². The maximum Gasteiger partial charge on any atom is 0.229 e. The van der Waals surface area contributed by atoms with Crippen molar-refractivity contribution in [2.45, 2.75) is 20.3 Å². The van der Waals surface area contributed by atoms with Crippen LogP contribution in [0.15, 0.2) is 48.5 Å². The molecule has 8 heteroatoms. The van der Waals surface area contributed by atoms with Gasteiger partial charge in [-0.1, -0.05) is 42.0 Å². The number of aryl methyl sites for hydroxylation is 3. The average Bonchev–Trinajstić information content (AvgIpc) is 3.28. The standard InChI is InChI=1S/C21H20N6OS/c1-13-7-9-15(10-8-13)20-18(29-14(2)22-20)12-19(28)23-17-6-4-5-16(11-17)21-24-25-26-27(21)3/h4-11H,12H2,1-3H3,(H,23,28). The summed E-state index contributed by atoms with van der Waals surface area (Å²) in [5, 5.41) is 15.4. The van der Waals surface area contributed by atoms with Crippen LogP contribution in [0.4, 0.5) is 5.69 Å². The van der Waals surface area contributed by atoms with Crippen LogP contribution in [-0.2, 0) is 18.3 Å². The number of rotatable bonds is 5. The predicted octanol–water partition coefficient (Wildman–Crippen LogP) is 3.80. The maximum atomic E-state index is 12.7. The molecule has 0 aliphatic carbocycles. The monoisotopic (exact) mass is 404 g/mol. The molecule has 2 aromatic heterocycles. The van der Waals surface area contributed by atoms with E-state index in [-0.39, 0.29) is 12.3 Å². The summed E-state index contributed by atoms with van der Waals surface area (Å²) in [4.78, 5) is 18.3. The topological polar surface area (TPSA) is 85.6 Å². The molecule has 0 saturated carbocycles. The molecule has 2 aromatic carbocycles. The molecule has 0 atom stereocenters. The number of nitrogens with zero attached hydrogens (tertiary/aromatic N) is 5. The van der Waals surface area contributed by atoms with Gasteiger partial charge in [0.1, 0.15) is 0 Å². The Morgan fingerprint density at radius 1 is 1.10 bits per heavy atom. The van der Waals surface area contributed by atoms with Gasteiger partial charge in [-0.25, -0.2) is 9.67 Å². The number of hydrogen-bond acceptors (Lipinski definition) is 6. The van der Waals surface area contributed by atoms with Crippen LogP contribution in [0.2, 0.25) is 0 Å². The van der Waals surface area contributed by atoms with Gasteiger partial charge in [0.25, 0.3) is 0 Å². The Labute approximate surface area is 172 Å². The summed E-state index contributed by atoms with van der Waals surface area (Å²) in [6.07, 6.45) is 0.268. The lowest BCUT2D eigenvalue weighted by Gasteiger charge is -2.07.